The Morgan fingerprint density at radius 2 is 1.76 bits per heavy atom. The van der Waals surface area contributed by atoms with Crippen LogP contribution in [-0.4, -0.2) is 44.8 Å². The van der Waals surface area contributed by atoms with E-state index in [-0.39, 0.29) is 10.5 Å². The molecule has 0 spiro atoms. The van der Waals surface area contributed by atoms with Gasteiger partial charge in [0.1, 0.15) is 11.6 Å². The number of rotatable bonds is 8. The minimum absolute atomic E-state index is 0.0603. The molecule has 0 saturated carbocycles. The maximum atomic E-state index is 12.9. The van der Waals surface area contributed by atoms with Crippen LogP contribution in [0.3, 0.4) is 0 Å². The summed E-state index contributed by atoms with van der Waals surface area (Å²) in [7, 11) is -3.61. The molecule has 1 amide bonds. The maximum absolute atomic E-state index is 12.9. The zero-order valence-electron chi connectivity index (χ0n) is 19.1. The van der Waals surface area contributed by atoms with E-state index >= 15 is 0 Å². The van der Waals surface area contributed by atoms with Crippen molar-refractivity contribution < 1.29 is 13.2 Å². The second-order valence-corrected chi connectivity index (χ2v) is 9.82. The number of nitrogens with zero attached hydrogens (tertiary/aromatic N) is 3. The van der Waals surface area contributed by atoms with Gasteiger partial charge in [0.2, 0.25) is 10.0 Å². The number of carbonyl (C=O) groups excluding carboxylic acids is 1. The monoisotopic (exact) mass is 466 g/mol. The first kappa shape index (κ1) is 24.5. The zero-order valence-corrected chi connectivity index (χ0v) is 19.9. The fourth-order valence-corrected chi connectivity index (χ4v) is 5.44. The Balaban J connectivity index is 1.76. The van der Waals surface area contributed by atoms with Crippen LogP contribution in [0, 0.1) is 11.3 Å². The maximum Gasteiger partial charge on any atom is 0.266 e. The van der Waals surface area contributed by atoms with Crippen LogP contribution >= 0.6 is 0 Å². The molecule has 2 aromatic rings. The van der Waals surface area contributed by atoms with Crippen LogP contribution < -0.4 is 10.2 Å². The van der Waals surface area contributed by atoms with Crippen LogP contribution in [0.15, 0.2) is 59.0 Å². The molecule has 2 aromatic carbocycles. The first-order valence-electron chi connectivity index (χ1n) is 11.3. The zero-order chi connectivity index (χ0) is 23.8. The van der Waals surface area contributed by atoms with Crippen molar-refractivity contribution in [1.29, 1.82) is 5.26 Å². The van der Waals surface area contributed by atoms with Gasteiger partial charge >= 0.3 is 0 Å². The minimum Gasteiger partial charge on any atom is -0.372 e. The number of carbonyl (C=O) groups is 1. The number of amides is 1. The third-order valence-corrected chi connectivity index (χ3v) is 7.64. The van der Waals surface area contributed by atoms with E-state index in [0.29, 0.717) is 18.8 Å². The van der Waals surface area contributed by atoms with E-state index in [1.165, 1.54) is 22.5 Å². The SMILES string of the molecule is CCN(CC)c1ccc(C=C(C#N)C(=O)Nc2cccc(S(=O)(=O)N3CCCCC3)c2)cc1. The standard InChI is InChI=1S/C25H30N4O3S/c1-3-28(4-2)23-13-11-20(12-14-23)17-21(19-26)25(30)27-22-9-8-10-24(18-22)33(31,32)29-15-6-5-7-16-29/h8-14,17-18H,3-7,15-16H2,1-2H3,(H,27,30). The summed E-state index contributed by atoms with van der Waals surface area (Å²) in [5, 5.41) is 12.2. The number of hydrogen-bond acceptors (Lipinski definition) is 5. The summed E-state index contributed by atoms with van der Waals surface area (Å²) in [4.78, 5) is 15.0. The predicted octanol–water partition coefficient (Wildman–Crippen LogP) is 4.25. The third kappa shape index (κ3) is 6.01. The quantitative estimate of drug-likeness (QED) is 0.464. The third-order valence-electron chi connectivity index (χ3n) is 5.74. The summed E-state index contributed by atoms with van der Waals surface area (Å²) in [6.45, 7) is 6.97. The highest BCUT2D eigenvalue weighted by atomic mass is 32.2. The molecule has 0 unspecified atom stereocenters. The normalized spacial score (nSPS) is 15.0. The molecule has 1 aliphatic heterocycles. The predicted molar refractivity (Wildman–Crippen MR) is 131 cm³/mol. The highest BCUT2D eigenvalue weighted by molar-refractivity contribution is 7.89. The number of sulfonamides is 1. The molecule has 0 aliphatic carbocycles. The van der Waals surface area contributed by atoms with Gasteiger partial charge in [-0.15, -0.1) is 0 Å². The summed E-state index contributed by atoms with van der Waals surface area (Å²) in [5.74, 6) is -0.585. The number of nitrogens with one attached hydrogen (secondary N) is 1. The van der Waals surface area contributed by atoms with E-state index in [4.69, 9.17) is 0 Å². The van der Waals surface area contributed by atoms with Crippen molar-refractivity contribution in [2.75, 3.05) is 36.4 Å². The Kier molecular flexibility index (Phi) is 8.26. The Hall–Kier alpha value is -3.15. The van der Waals surface area contributed by atoms with Crippen molar-refractivity contribution in [1.82, 2.24) is 4.31 Å². The van der Waals surface area contributed by atoms with Crippen LogP contribution in [0.1, 0.15) is 38.7 Å². The molecule has 0 atom stereocenters. The lowest BCUT2D eigenvalue weighted by Gasteiger charge is -2.26. The lowest BCUT2D eigenvalue weighted by molar-refractivity contribution is -0.112. The molecule has 1 N–H and O–H groups in total. The van der Waals surface area contributed by atoms with Crippen LogP contribution in [-0.2, 0) is 14.8 Å². The van der Waals surface area contributed by atoms with Crippen molar-refractivity contribution in [2.45, 2.75) is 38.0 Å². The van der Waals surface area contributed by atoms with Gasteiger partial charge in [0.05, 0.1) is 4.90 Å². The van der Waals surface area contributed by atoms with E-state index in [9.17, 15) is 18.5 Å². The Morgan fingerprint density at radius 1 is 1.09 bits per heavy atom. The molecule has 8 heteroatoms. The minimum atomic E-state index is -3.61. The molecule has 0 bridgehead atoms. The summed E-state index contributed by atoms with van der Waals surface area (Å²) in [5.41, 5.74) is 2.08. The number of benzene rings is 2. The first-order chi connectivity index (χ1) is 15.9. The Morgan fingerprint density at radius 3 is 2.36 bits per heavy atom. The smallest absolute Gasteiger partial charge is 0.266 e. The molecule has 1 fully saturated rings. The van der Waals surface area contributed by atoms with Gasteiger partial charge in [-0.3, -0.25) is 4.79 Å². The molecule has 1 heterocycles. The molecular weight excluding hydrogens is 436 g/mol. The van der Waals surface area contributed by atoms with Gasteiger partial charge in [-0.2, -0.15) is 9.57 Å². The van der Waals surface area contributed by atoms with Gasteiger partial charge in [-0.05, 0) is 68.7 Å². The van der Waals surface area contributed by atoms with E-state index < -0.39 is 15.9 Å². The second kappa shape index (κ2) is 11.1. The van der Waals surface area contributed by atoms with Crippen LogP contribution in [0.2, 0.25) is 0 Å². The van der Waals surface area contributed by atoms with Crippen molar-refractivity contribution in [3.8, 4) is 6.07 Å². The molecule has 7 nitrogen and oxygen atoms in total. The van der Waals surface area contributed by atoms with E-state index in [1.807, 2.05) is 30.3 Å². The van der Waals surface area contributed by atoms with Gasteiger partial charge < -0.3 is 10.2 Å². The van der Waals surface area contributed by atoms with Gasteiger partial charge in [0, 0.05) is 37.6 Å². The molecule has 0 radical (unpaired) electrons. The second-order valence-electron chi connectivity index (χ2n) is 7.88. The van der Waals surface area contributed by atoms with Crippen molar-refractivity contribution in [2.24, 2.45) is 0 Å². The Labute approximate surface area is 196 Å². The van der Waals surface area contributed by atoms with E-state index in [0.717, 1.165) is 43.6 Å². The first-order valence-corrected chi connectivity index (χ1v) is 12.7. The molecule has 174 valence electrons. The van der Waals surface area contributed by atoms with Crippen molar-refractivity contribution >= 4 is 33.4 Å². The van der Waals surface area contributed by atoms with Crippen LogP contribution in [0.4, 0.5) is 11.4 Å². The van der Waals surface area contributed by atoms with Gasteiger partial charge in [-0.25, -0.2) is 8.42 Å². The fraction of sp³-hybridized carbons (Fsp3) is 0.360. The van der Waals surface area contributed by atoms with Gasteiger partial charge in [-0.1, -0.05) is 24.6 Å². The number of hydrogen-bond donors (Lipinski definition) is 1. The van der Waals surface area contributed by atoms with Crippen molar-refractivity contribution in [3.05, 3.63) is 59.7 Å². The largest absolute Gasteiger partial charge is 0.372 e. The van der Waals surface area contributed by atoms with Crippen molar-refractivity contribution in [3.63, 3.8) is 0 Å². The van der Waals surface area contributed by atoms with E-state index in [2.05, 4.69) is 24.1 Å². The van der Waals surface area contributed by atoms with Crippen LogP contribution in [0.5, 0.6) is 0 Å². The molecule has 3 rings (SSSR count). The molecule has 33 heavy (non-hydrogen) atoms. The summed E-state index contributed by atoms with van der Waals surface area (Å²) < 4.78 is 27.3. The highest BCUT2D eigenvalue weighted by Gasteiger charge is 2.26. The molecule has 0 aromatic heterocycles. The average molecular weight is 467 g/mol. The topological polar surface area (TPSA) is 93.5 Å². The molecule has 1 aliphatic rings. The number of anilines is 2. The molecular formula is C25H30N4O3S. The summed E-state index contributed by atoms with van der Waals surface area (Å²) >= 11 is 0. The lowest BCUT2D eigenvalue weighted by Crippen LogP contribution is -2.35. The molecule has 1 saturated heterocycles. The summed E-state index contributed by atoms with van der Waals surface area (Å²) in [6, 6.07) is 15.8. The fourth-order valence-electron chi connectivity index (χ4n) is 3.87. The van der Waals surface area contributed by atoms with Gasteiger partial charge in [0.25, 0.3) is 5.91 Å². The summed E-state index contributed by atoms with van der Waals surface area (Å²) in [6.07, 6.45) is 4.25. The van der Waals surface area contributed by atoms with E-state index in [1.54, 1.807) is 12.1 Å². The highest BCUT2D eigenvalue weighted by Crippen LogP contribution is 2.23. The Bertz CT molecular complexity index is 1140. The number of nitriles is 1. The van der Waals surface area contributed by atoms with Gasteiger partial charge in [0.15, 0.2) is 0 Å². The van der Waals surface area contributed by atoms with Crippen LogP contribution in [0.25, 0.3) is 6.08 Å². The number of piperidine rings is 1. The average Bonchev–Trinajstić information content (AvgIpc) is 2.84. The lowest BCUT2D eigenvalue weighted by atomic mass is 10.1.